The second-order valence-corrected chi connectivity index (χ2v) is 6.91. The summed E-state index contributed by atoms with van der Waals surface area (Å²) in [6.45, 7) is 1.47. The summed E-state index contributed by atoms with van der Waals surface area (Å²) in [6, 6.07) is 1.54. The van der Waals surface area contributed by atoms with E-state index in [0.717, 1.165) is 55.4 Å². The van der Waals surface area contributed by atoms with E-state index in [1.807, 2.05) is 0 Å². The van der Waals surface area contributed by atoms with Crippen molar-refractivity contribution in [1.29, 1.82) is 0 Å². The summed E-state index contributed by atoms with van der Waals surface area (Å²) < 4.78 is 7.80. The lowest BCUT2D eigenvalue weighted by Crippen LogP contribution is -2.35. The first-order chi connectivity index (χ1) is 10.7. The van der Waals surface area contributed by atoms with Crippen molar-refractivity contribution in [2.24, 2.45) is 0 Å². The van der Waals surface area contributed by atoms with Crippen LogP contribution in [0.4, 0.5) is 0 Å². The molecule has 1 aliphatic heterocycles. The second kappa shape index (κ2) is 5.06. The highest BCUT2D eigenvalue weighted by Crippen LogP contribution is 2.33. The summed E-state index contributed by atoms with van der Waals surface area (Å²) >= 11 is 1.95. The third kappa shape index (κ3) is 1.94. The predicted molar refractivity (Wildman–Crippen MR) is 80.8 cm³/mol. The van der Waals surface area contributed by atoms with Gasteiger partial charge in [-0.15, -0.1) is 11.3 Å². The van der Waals surface area contributed by atoms with Crippen molar-refractivity contribution in [3.05, 3.63) is 32.8 Å². The zero-order valence-electron chi connectivity index (χ0n) is 11.5. The molecule has 1 aliphatic carbocycles. The van der Waals surface area contributed by atoms with Gasteiger partial charge in [-0.25, -0.2) is 0 Å². The van der Waals surface area contributed by atoms with Crippen LogP contribution >= 0.6 is 23.1 Å². The number of fused-ring (bicyclic) bond motifs is 2. The summed E-state index contributed by atoms with van der Waals surface area (Å²) in [7, 11) is 0. The molecule has 0 aromatic carbocycles. The number of nitrogens with zero attached hydrogens (tertiary/aromatic N) is 3. The number of aromatic nitrogens is 2. The molecule has 6 nitrogen and oxygen atoms in total. The first-order valence-corrected chi connectivity index (χ1v) is 8.56. The van der Waals surface area contributed by atoms with Gasteiger partial charge in [-0.2, -0.15) is 8.75 Å². The molecular weight excluding hydrogens is 322 g/mol. The molecule has 22 heavy (non-hydrogen) atoms. The first-order valence-electron chi connectivity index (χ1n) is 7.02. The molecule has 112 valence electrons. The van der Waals surface area contributed by atoms with Crippen LogP contribution < -0.4 is 0 Å². The summed E-state index contributed by atoms with van der Waals surface area (Å²) in [5.41, 5.74) is 0.508. The quantitative estimate of drug-likeness (QED) is 0.680. The van der Waals surface area contributed by atoms with Crippen molar-refractivity contribution in [3.8, 4) is 0 Å². The van der Waals surface area contributed by atoms with Gasteiger partial charge < -0.3 is 4.90 Å². The summed E-state index contributed by atoms with van der Waals surface area (Å²) in [5, 5.41) is 0. The van der Waals surface area contributed by atoms with E-state index in [1.54, 1.807) is 11.0 Å². The first kappa shape index (κ1) is 13.7. The van der Waals surface area contributed by atoms with Gasteiger partial charge in [-0.1, -0.05) is 0 Å². The smallest absolute Gasteiger partial charge is 0.263 e. The van der Waals surface area contributed by atoms with E-state index < -0.39 is 0 Å². The zero-order chi connectivity index (χ0) is 15.3. The number of ketones is 2. The Morgan fingerprint density at radius 3 is 2.45 bits per heavy atom. The fourth-order valence-corrected chi connectivity index (χ4v) is 4.42. The van der Waals surface area contributed by atoms with Crippen LogP contribution in [0, 0.1) is 0 Å². The van der Waals surface area contributed by atoms with Gasteiger partial charge in [0.2, 0.25) is 11.6 Å². The maximum absolute atomic E-state index is 12.5. The van der Waals surface area contributed by atoms with Crippen LogP contribution in [0.25, 0.3) is 0 Å². The zero-order valence-corrected chi connectivity index (χ0v) is 13.1. The predicted octanol–water partition coefficient (Wildman–Crippen LogP) is 2.00. The van der Waals surface area contributed by atoms with Gasteiger partial charge in [-0.05, 0) is 25.3 Å². The van der Waals surface area contributed by atoms with Crippen LogP contribution in [0.3, 0.4) is 0 Å². The fraction of sp³-hybridized carbons (Fsp3) is 0.357. The van der Waals surface area contributed by atoms with E-state index in [1.165, 1.54) is 0 Å². The fourth-order valence-electron chi connectivity index (χ4n) is 2.81. The van der Waals surface area contributed by atoms with Gasteiger partial charge in [0, 0.05) is 18.7 Å². The summed E-state index contributed by atoms with van der Waals surface area (Å²) in [5.74, 6) is -0.712. The number of piperidine rings is 1. The van der Waals surface area contributed by atoms with Gasteiger partial charge in [-0.3, -0.25) is 14.4 Å². The van der Waals surface area contributed by atoms with E-state index in [9.17, 15) is 14.4 Å². The van der Waals surface area contributed by atoms with Crippen LogP contribution in [0.2, 0.25) is 0 Å². The van der Waals surface area contributed by atoms with Gasteiger partial charge in [0.15, 0.2) is 11.4 Å². The minimum absolute atomic E-state index is 0.0943. The summed E-state index contributed by atoms with van der Waals surface area (Å²) in [4.78, 5) is 39.8. The number of likely N-dealkylation sites (tertiary alicyclic amines) is 1. The number of amides is 1. The van der Waals surface area contributed by atoms with Crippen LogP contribution in [0.1, 0.15) is 60.4 Å². The molecule has 3 heterocycles. The van der Waals surface area contributed by atoms with Crippen molar-refractivity contribution in [2.45, 2.75) is 19.3 Å². The molecule has 8 heteroatoms. The summed E-state index contributed by atoms with van der Waals surface area (Å²) in [6.07, 6.45) is 3.14. The van der Waals surface area contributed by atoms with E-state index >= 15 is 0 Å². The van der Waals surface area contributed by atoms with Crippen molar-refractivity contribution < 1.29 is 14.4 Å². The second-order valence-electron chi connectivity index (χ2n) is 5.33. The van der Waals surface area contributed by atoms with Crippen molar-refractivity contribution in [2.75, 3.05) is 13.1 Å². The molecule has 1 saturated heterocycles. The Morgan fingerprint density at radius 1 is 1.05 bits per heavy atom. The highest BCUT2D eigenvalue weighted by atomic mass is 32.1. The lowest BCUT2D eigenvalue weighted by molar-refractivity contribution is 0.0729. The Balaban J connectivity index is 1.72. The number of carbonyl (C=O) groups is 3. The van der Waals surface area contributed by atoms with E-state index in [4.69, 9.17) is 0 Å². The Morgan fingerprint density at radius 2 is 1.73 bits per heavy atom. The molecule has 0 N–H and O–H groups in total. The van der Waals surface area contributed by atoms with Crippen molar-refractivity contribution in [1.82, 2.24) is 13.6 Å². The third-order valence-electron chi connectivity index (χ3n) is 3.96. The molecule has 2 aromatic heterocycles. The van der Waals surface area contributed by atoms with Crippen LogP contribution in [0.15, 0.2) is 6.07 Å². The molecule has 0 spiro atoms. The topological polar surface area (TPSA) is 80.2 Å². The number of hydrogen-bond acceptors (Lipinski definition) is 7. The molecule has 4 rings (SSSR count). The SMILES string of the molecule is O=C1c2cc(C(=O)N3CCCCC3)sc2C(=O)c2nsnc21. The molecular formula is C14H11N3O3S2. The number of rotatable bonds is 1. The molecule has 0 saturated carbocycles. The minimum Gasteiger partial charge on any atom is -0.338 e. The third-order valence-corrected chi connectivity index (χ3v) is 5.61. The largest absolute Gasteiger partial charge is 0.338 e. The Bertz CT molecular complexity index is 754. The molecule has 1 amide bonds. The normalized spacial score (nSPS) is 17.4. The minimum atomic E-state index is -0.313. The van der Waals surface area contributed by atoms with Crippen LogP contribution in [-0.4, -0.2) is 44.2 Å². The molecule has 2 aliphatic rings. The highest BCUT2D eigenvalue weighted by Gasteiger charge is 2.36. The lowest BCUT2D eigenvalue weighted by Gasteiger charge is -2.26. The number of hydrogen-bond donors (Lipinski definition) is 0. The number of carbonyl (C=O) groups excluding carboxylic acids is 3. The maximum atomic E-state index is 12.5. The number of thiophene rings is 1. The van der Waals surface area contributed by atoms with Crippen LogP contribution in [0.5, 0.6) is 0 Å². The van der Waals surface area contributed by atoms with E-state index in [2.05, 4.69) is 8.75 Å². The lowest BCUT2D eigenvalue weighted by atomic mass is 9.97. The average Bonchev–Trinajstić information content (AvgIpc) is 3.20. The standard InChI is InChI=1S/C14H11N3O3S2/c18-11-7-6-8(14(20)17-4-2-1-3-5-17)21-13(7)12(19)10-9(11)15-22-16-10/h6H,1-5H2. The Kier molecular flexibility index (Phi) is 3.16. The molecule has 0 atom stereocenters. The average molecular weight is 333 g/mol. The highest BCUT2D eigenvalue weighted by molar-refractivity contribution is 7.16. The van der Waals surface area contributed by atoms with Gasteiger partial charge in [0.05, 0.1) is 21.5 Å². The molecule has 0 radical (unpaired) electrons. The monoisotopic (exact) mass is 333 g/mol. The molecule has 0 unspecified atom stereocenters. The van der Waals surface area contributed by atoms with E-state index in [0.29, 0.717) is 9.75 Å². The van der Waals surface area contributed by atoms with Crippen LogP contribution in [-0.2, 0) is 0 Å². The Hall–Kier alpha value is -1.93. The van der Waals surface area contributed by atoms with Gasteiger partial charge in [0.25, 0.3) is 5.91 Å². The molecule has 0 bridgehead atoms. The van der Waals surface area contributed by atoms with Crippen molar-refractivity contribution in [3.63, 3.8) is 0 Å². The maximum Gasteiger partial charge on any atom is 0.263 e. The van der Waals surface area contributed by atoms with Gasteiger partial charge in [0.1, 0.15) is 0 Å². The molecule has 2 aromatic rings. The van der Waals surface area contributed by atoms with Gasteiger partial charge >= 0.3 is 0 Å². The Labute approximate surface area is 134 Å². The van der Waals surface area contributed by atoms with Crippen molar-refractivity contribution >= 4 is 40.5 Å². The van der Waals surface area contributed by atoms with E-state index in [-0.39, 0.29) is 34.4 Å². The molecule has 1 fully saturated rings.